The summed E-state index contributed by atoms with van der Waals surface area (Å²) in [4.78, 5) is 8.69. The van der Waals surface area contributed by atoms with Crippen LogP contribution in [0.3, 0.4) is 0 Å². The summed E-state index contributed by atoms with van der Waals surface area (Å²) < 4.78 is 1.92. The molecule has 4 aromatic rings. The van der Waals surface area contributed by atoms with Gasteiger partial charge >= 0.3 is 0 Å². The fourth-order valence-corrected chi connectivity index (χ4v) is 2.46. The van der Waals surface area contributed by atoms with Gasteiger partial charge in [-0.15, -0.1) is 0 Å². The van der Waals surface area contributed by atoms with Crippen molar-refractivity contribution in [3.63, 3.8) is 0 Å². The first-order chi connectivity index (χ1) is 8.84. The molecule has 0 spiro atoms. The summed E-state index contributed by atoms with van der Waals surface area (Å²) in [5, 5.41) is 6.80. The third kappa shape index (κ3) is 1.12. The average Bonchev–Trinajstić information content (AvgIpc) is 2.81. The molecule has 0 amide bonds. The molecule has 4 heteroatoms. The van der Waals surface area contributed by atoms with E-state index in [0.29, 0.717) is 0 Å². The van der Waals surface area contributed by atoms with Gasteiger partial charge in [0, 0.05) is 23.2 Å². The number of hydrogen-bond donors (Lipinski definition) is 0. The number of pyridine rings is 3. The zero-order valence-corrected chi connectivity index (χ0v) is 9.83. The van der Waals surface area contributed by atoms with Gasteiger partial charge in [0.25, 0.3) is 0 Å². The summed E-state index contributed by atoms with van der Waals surface area (Å²) in [5.41, 5.74) is 4.01. The van der Waals surface area contributed by atoms with Crippen LogP contribution in [0.25, 0.3) is 27.3 Å². The lowest BCUT2D eigenvalue weighted by Gasteiger charge is -2.05. The first-order valence-electron chi connectivity index (χ1n) is 5.81. The van der Waals surface area contributed by atoms with Crippen molar-refractivity contribution >= 4 is 27.3 Å². The van der Waals surface area contributed by atoms with E-state index < -0.39 is 0 Å². The number of rotatable bonds is 0. The lowest BCUT2D eigenvalue weighted by Crippen LogP contribution is -1.94. The molecule has 4 aromatic heterocycles. The zero-order valence-electron chi connectivity index (χ0n) is 9.83. The summed E-state index contributed by atoms with van der Waals surface area (Å²) >= 11 is 0. The molecule has 0 N–H and O–H groups in total. The third-order valence-electron chi connectivity index (χ3n) is 3.20. The van der Waals surface area contributed by atoms with Gasteiger partial charge in [-0.05, 0) is 25.1 Å². The number of aromatic nitrogens is 4. The first kappa shape index (κ1) is 9.53. The topological polar surface area (TPSA) is 43.1 Å². The number of nitrogens with zero attached hydrogens (tertiary/aromatic N) is 4. The number of aryl methyl sites for hydroxylation is 1. The van der Waals surface area contributed by atoms with Crippen LogP contribution in [0.1, 0.15) is 5.69 Å². The molecule has 0 atom stereocenters. The first-order valence-corrected chi connectivity index (χ1v) is 5.81. The van der Waals surface area contributed by atoms with Crippen LogP contribution in [0.2, 0.25) is 0 Å². The molecule has 0 aliphatic heterocycles. The van der Waals surface area contributed by atoms with Gasteiger partial charge in [0.05, 0.1) is 28.4 Å². The van der Waals surface area contributed by atoms with Gasteiger partial charge in [0.1, 0.15) is 0 Å². The average molecular weight is 234 g/mol. The predicted molar refractivity (Wildman–Crippen MR) is 70.5 cm³/mol. The Kier molecular flexibility index (Phi) is 1.73. The second-order valence-electron chi connectivity index (χ2n) is 4.38. The van der Waals surface area contributed by atoms with E-state index in [1.54, 1.807) is 6.20 Å². The molecule has 0 aromatic carbocycles. The van der Waals surface area contributed by atoms with Crippen LogP contribution in [0.15, 0.2) is 42.9 Å². The van der Waals surface area contributed by atoms with E-state index in [1.807, 2.05) is 36.0 Å². The maximum Gasteiger partial charge on any atom is 0.0966 e. The van der Waals surface area contributed by atoms with E-state index in [9.17, 15) is 0 Å². The van der Waals surface area contributed by atoms with Crippen LogP contribution in [0.4, 0.5) is 0 Å². The van der Waals surface area contributed by atoms with Crippen molar-refractivity contribution in [2.24, 2.45) is 0 Å². The molecule has 0 fully saturated rings. The minimum atomic E-state index is 0.983. The standard InChI is InChI=1S/C14H10N4/c1-9-7-12-14-11(3-2-5-16-14)10-4-6-15-8-13(10)18(12)17-9/h2-8H,1H3. The van der Waals surface area contributed by atoms with Crippen molar-refractivity contribution in [1.82, 2.24) is 19.6 Å². The maximum atomic E-state index is 4.53. The van der Waals surface area contributed by atoms with E-state index in [1.165, 1.54) is 0 Å². The molecular formula is C14H10N4. The highest BCUT2D eigenvalue weighted by Crippen LogP contribution is 2.27. The van der Waals surface area contributed by atoms with Crippen molar-refractivity contribution in [1.29, 1.82) is 0 Å². The zero-order chi connectivity index (χ0) is 12.1. The summed E-state index contributed by atoms with van der Waals surface area (Å²) in [6, 6.07) is 8.12. The lowest BCUT2D eigenvalue weighted by atomic mass is 10.1. The van der Waals surface area contributed by atoms with Gasteiger partial charge in [-0.2, -0.15) is 5.10 Å². The van der Waals surface area contributed by atoms with Crippen LogP contribution in [0.5, 0.6) is 0 Å². The molecule has 4 heterocycles. The van der Waals surface area contributed by atoms with E-state index >= 15 is 0 Å². The molecule has 0 bridgehead atoms. The van der Waals surface area contributed by atoms with Gasteiger partial charge in [-0.3, -0.25) is 9.97 Å². The highest BCUT2D eigenvalue weighted by atomic mass is 15.2. The molecule has 0 aliphatic rings. The summed E-state index contributed by atoms with van der Waals surface area (Å²) in [6.07, 6.45) is 5.47. The Morgan fingerprint density at radius 2 is 2.00 bits per heavy atom. The molecule has 0 aliphatic carbocycles. The minimum Gasteiger partial charge on any atom is -0.262 e. The summed E-state index contributed by atoms with van der Waals surface area (Å²) in [7, 11) is 0. The normalized spacial score (nSPS) is 11.6. The Hall–Kier alpha value is -2.49. The van der Waals surface area contributed by atoms with Crippen LogP contribution >= 0.6 is 0 Å². The quantitative estimate of drug-likeness (QED) is 0.439. The minimum absolute atomic E-state index is 0.983. The molecule has 86 valence electrons. The van der Waals surface area contributed by atoms with Crippen molar-refractivity contribution in [3.8, 4) is 0 Å². The van der Waals surface area contributed by atoms with Gasteiger partial charge in [0.15, 0.2) is 0 Å². The van der Waals surface area contributed by atoms with Crippen molar-refractivity contribution in [3.05, 3.63) is 48.5 Å². The van der Waals surface area contributed by atoms with E-state index in [0.717, 1.165) is 33.0 Å². The Morgan fingerprint density at radius 1 is 1.06 bits per heavy atom. The Morgan fingerprint density at radius 3 is 2.94 bits per heavy atom. The van der Waals surface area contributed by atoms with E-state index in [-0.39, 0.29) is 0 Å². The van der Waals surface area contributed by atoms with E-state index in [2.05, 4.69) is 27.2 Å². The highest BCUT2D eigenvalue weighted by molar-refractivity contribution is 6.10. The third-order valence-corrected chi connectivity index (χ3v) is 3.20. The summed E-state index contributed by atoms with van der Waals surface area (Å²) in [6.45, 7) is 1.99. The van der Waals surface area contributed by atoms with Gasteiger partial charge in [-0.25, -0.2) is 4.52 Å². The van der Waals surface area contributed by atoms with Gasteiger partial charge in [0.2, 0.25) is 0 Å². The molecule has 0 saturated carbocycles. The maximum absolute atomic E-state index is 4.53. The Labute approximate surface area is 103 Å². The SMILES string of the molecule is Cc1cc2c3ncccc3c3ccncc3n2n1. The molecule has 0 saturated heterocycles. The van der Waals surface area contributed by atoms with Gasteiger partial charge < -0.3 is 0 Å². The molecule has 18 heavy (non-hydrogen) atoms. The fraction of sp³-hybridized carbons (Fsp3) is 0.0714. The summed E-state index contributed by atoms with van der Waals surface area (Å²) in [5.74, 6) is 0. The van der Waals surface area contributed by atoms with Crippen LogP contribution in [-0.4, -0.2) is 19.6 Å². The molecular weight excluding hydrogens is 224 g/mol. The fourth-order valence-electron chi connectivity index (χ4n) is 2.46. The van der Waals surface area contributed by atoms with Crippen LogP contribution in [0, 0.1) is 6.92 Å². The van der Waals surface area contributed by atoms with Crippen molar-refractivity contribution < 1.29 is 0 Å². The monoisotopic (exact) mass is 234 g/mol. The predicted octanol–water partition coefficient (Wildman–Crippen LogP) is 2.74. The van der Waals surface area contributed by atoms with Crippen molar-refractivity contribution in [2.45, 2.75) is 6.92 Å². The largest absolute Gasteiger partial charge is 0.262 e. The van der Waals surface area contributed by atoms with Crippen LogP contribution in [-0.2, 0) is 0 Å². The number of fused-ring (bicyclic) bond motifs is 6. The molecule has 0 unspecified atom stereocenters. The molecule has 4 rings (SSSR count). The Balaban J connectivity index is 2.45. The van der Waals surface area contributed by atoms with Gasteiger partial charge in [-0.1, -0.05) is 6.07 Å². The lowest BCUT2D eigenvalue weighted by molar-refractivity contribution is 0.970. The van der Waals surface area contributed by atoms with Crippen molar-refractivity contribution in [2.75, 3.05) is 0 Å². The van der Waals surface area contributed by atoms with E-state index in [4.69, 9.17) is 0 Å². The molecule has 0 radical (unpaired) electrons. The number of hydrogen-bond acceptors (Lipinski definition) is 3. The molecule has 4 nitrogen and oxygen atoms in total. The van der Waals surface area contributed by atoms with Crippen LogP contribution < -0.4 is 0 Å². The Bertz CT molecular complexity index is 819. The second-order valence-corrected chi connectivity index (χ2v) is 4.38. The second kappa shape index (κ2) is 3.26. The highest BCUT2D eigenvalue weighted by Gasteiger charge is 2.10. The smallest absolute Gasteiger partial charge is 0.0966 e.